The third-order valence-corrected chi connectivity index (χ3v) is 2.06. The maximum atomic E-state index is 11.3. The second kappa shape index (κ2) is 4.91. The third-order valence-electron chi connectivity index (χ3n) is 2.06. The van der Waals surface area contributed by atoms with Crippen LogP contribution in [-0.2, 0) is 16.0 Å². The Morgan fingerprint density at radius 1 is 1.47 bits per heavy atom. The zero-order chi connectivity index (χ0) is 11.4. The molecule has 0 aromatic carbocycles. The summed E-state index contributed by atoms with van der Waals surface area (Å²) >= 11 is 0. The van der Waals surface area contributed by atoms with Crippen LogP contribution in [0.15, 0.2) is 0 Å². The Morgan fingerprint density at radius 2 is 2.13 bits per heavy atom. The van der Waals surface area contributed by atoms with Crippen molar-refractivity contribution in [3.63, 3.8) is 0 Å². The minimum absolute atomic E-state index is 0.187. The molecule has 1 rings (SSSR count). The first-order chi connectivity index (χ1) is 7.06. The lowest BCUT2D eigenvalue weighted by Gasteiger charge is -2.11. The molecule has 0 radical (unpaired) electrons. The van der Waals surface area contributed by atoms with Gasteiger partial charge in [-0.1, -0.05) is 0 Å². The van der Waals surface area contributed by atoms with Crippen molar-refractivity contribution in [2.45, 2.75) is 40.2 Å². The summed E-state index contributed by atoms with van der Waals surface area (Å²) < 4.78 is 6.81. The number of aryl methyl sites for hydroxylation is 1. The molecule has 0 amide bonds. The number of rotatable bonds is 4. The molecule has 0 N–H and O–H groups in total. The fourth-order valence-corrected chi connectivity index (χ4v) is 1.55. The maximum absolute atomic E-state index is 11.3. The van der Waals surface area contributed by atoms with Crippen LogP contribution in [0.5, 0.6) is 0 Å². The van der Waals surface area contributed by atoms with Crippen molar-refractivity contribution in [1.82, 2.24) is 14.8 Å². The van der Waals surface area contributed by atoms with Gasteiger partial charge in [-0.25, -0.2) is 0 Å². The van der Waals surface area contributed by atoms with Gasteiger partial charge >= 0.3 is 5.97 Å². The minimum Gasteiger partial charge on any atom is -0.466 e. The van der Waals surface area contributed by atoms with E-state index in [-0.39, 0.29) is 18.4 Å². The zero-order valence-corrected chi connectivity index (χ0v) is 9.65. The van der Waals surface area contributed by atoms with Crippen molar-refractivity contribution in [2.75, 3.05) is 6.61 Å². The molecule has 0 saturated heterocycles. The minimum atomic E-state index is -0.258. The van der Waals surface area contributed by atoms with E-state index in [0.29, 0.717) is 12.4 Å². The predicted molar refractivity (Wildman–Crippen MR) is 55.5 cm³/mol. The number of carbonyl (C=O) groups excluding carboxylic acids is 1. The Morgan fingerprint density at radius 3 is 2.67 bits per heavy atom. The molecule has 0 aliphatic carbocycles. The number of esters is 1. The maximum Gasteiger partial charge on any atom is 0.313 e. The number of hydrogen-bond donors (Lipinski definition) is 0. The lowest BCUT2D eigenvalue weighted by Crippen LogP contribution is -2.14. The number of nitrogens with zero attached hydrogens (tertiary/aromatic N) is 3. The standard InChI is InChI=1S/C10H17N3O2/c1-5-15-10(14)6-9-12-11-8(4)13(9)7(2)3/h7H,5-6H2,1-4H3. The Kier molecular flexibility index (Phi) is 3.82. The topological polar surface area (TPSA) is 57.0 Å². The highest BCUT2D eigenvalue weighted by Crippen LogP contribution is 2.11. The third kappa shape index (κ3) is 2.78. The highest BCUT2D eigenvalue weighted by molar-refractivity contribution is 5.71. The normalized spacial score (nSPS) is 10.7. The first-order valence-corrected chi connectivity index (χ1v) is 5.12. The van der Waals surface area contributed by atoms with Gasteiger partial charge in [-0.15, -0.1) is 10.2 Å². The van der Waals surface area contributed by atoms with Crippen molar-refractivity contribution >= 4 is 5.97 Å². The van der Waals surface area contributed by atoms with Gasteiger partial charge in [-0.2, -0.15) is 0 Å². The van der Waals surface area contributed by atoms with Crippen molar-refractivity contribution in [3.8, 4) is 0 Å². The van der Waals surface area contributed by atoms with Crippen molar-refractivity contribution < 1.29 is 9.53 Å². The van der Waals surface area contributed by atoms with Crippen LogP contribution in [0.3, 0.4) is 0 Å². The van der Waals surface area contributed by atoms with Gasteiger partial charge < -0.3 is 9.30 Å². The largest absolute Gasteiger partial charge is 0.466 e. The van der Waals surface area contributed by atoms with Crippen LogP contribution < -0.4 is 0 Å². The summed E-state index contributed by atoms with van der Waals surface area (Å²) in [5.41, 5.74) is 0. The molecular weight excluding hydrogens is 194 g/mol. The molecule has 0 aliphatic heterocycles. The van der Waals surface area contributed by atoms with Crippen LogP contribution in [0, 0.1) is 6.92 Å². The van der Waals surface area contributed by atoms with E-state index in [0.717, 1.165) is 5.82 Å². The molecule has 1 aromatic rings. The fraction of sp³-hybridized carbons (Fsp3) is 0.700. The predicted octanol–water partition coefficient (Wildman–Crippen LogP) is 1.27. The Hall–Kier alpha value is -1.39. The Bertz CT molecular complexity index is 344. The SMILES string of the molecule is CCOC(=O)Cc1nnc(C)n1C(C)C. The molecule has 5 nitrogen and oxygen atoms in total. The second-order valence-electron chi connectivity index (χ2n) is 3.61. The highest BCUT2D eigenvalue weighted by atomic mass is 16.5. The summed E-state index contributed by atoms with van der Waals surface area (Å²) in [4.78, 5) is 11.3. The van der Waals surface area contributed by atoms with Gasteiger partial charge in [0, 0.05) is 6.04 Å². The number of aromatic nitrogens is 3. The van der Waals surface area contributed by atoms with Crippen LogP contribution in [0.2, 0.25) is 0 Å². The van der Waals surface area contributed by atoms with Crippen molar-refractivity contribution in [2.24, 2.45) is 0 Å². The van der Waals surface area contributed by atoms with Gasteiger partial charge in [-0.3, -0.25) is 4.79 Å². The molecule has 0 atom stereocenters. The molecule has 0 aliphatic rings. The molecular formula is C10H17N3O2. The lowest BCUT2D eigenvalue weighted by atomic mass is 10.3. The number of ether oxygens (including phenoxy) is 1. The Balaban J connectivity index is 2.81. The second-order valence-corrected chi connectivity index (χ2v) is 3.61. The number of hydrogen-bond acceptors (Lipinski definition) is 4. The monoisotopic (exact) mass is 211 g/mol. The van der Waals surface area contributed by atoms with E-state index < -0.39 is 0 Å². The van der Waals surface area contributed by atoms with Gasteiger partial charge in [0.1, 0.15) is 18.1 Å². The van der Waals surface area contributed by atoms with E-state index in [1.807, 2.05) is 25.3 Å². The molecule has 0 saturated carbocycles. The number of carbonyl (C=O) groups is 1. The van der Waals surface area contributed by atoms with Gasteiger partial charge in [-0.05, 0) is 27.7 Å². The van der Waals surface area contributed by atoms with E-state index in [9.17, 15) is 4.79 Å². The molecule has 1 aromatic heterocycles. The van der Waals surface area contributed by atoms with Gasteiger partial charge in [0.25, 0.3) is 0 Å². The van der Waals surface area contributed by atoms with Gasteiger partial charge in [0.15, 0.2) is 0 Å². The summed E-state index contributed by atoms with van der Waals surface area (Å²) in [5, 5.41) is 7.93. The van der Waals surface area contributed by atoms with E-state index in [1.165, 1.54) is 0 Å². The zero-order valence-electron chi connectivity index (χ0n) is 9.65. The quantitative estimate of drug-likeness (QED) is 0.704. The van der Waals surface area contributed by atoms with E-state index >= 15 is 0 Å². The molecule has 84 valence electrons. The molecule has 0 unspecified atom stereocenters. The first-order valence-electron chi connectivity index (χ1n) is 5.12. The van der Waals surface area contributed by atoms with Crippen molar-refractivity contribution in [1.29, 1.82) is 0 Å². The van der Waals surface area contributed by atoms with Crippen LogP contribution in [0.1, 0.15) is 38.5 Å². The molecule has 1 heterocycles. The molecule has 0 spiro atoms. The Labute approximate surface area is 89.5 Å². The molecule has 5 heteroatoms. The molecule has 15 heavy (non-hydrogen) atoms. The van der Waals surface area contributed by atoms with Crippen LogP contribution >= 0.6 is 0 Å². The van der Waals surface area contributed by atoms with E-state index in [4.69, 9.17) is 4.74 Å². The van der Waals surface area contributed by atoms with Crippen LogP contribution in [0.4, 0.5) is 0 Å². The lowest BCUT2D eigenvalue weighted by molar-refractivity contribution is -0.142. The molecule has 0 fully saturated rings. The molecule has 0 bridgehead atoms. The summed E-state index contributed by atoms with van der Waals surface area (Å²) in [7, 11) is 0. The fourth-order valence-electron chi connectivity index (χ4n) is 1.55. The summed E-state index contributed by atoms with van der Waals surface area (Å²) in [5.74, 6) is 1.23. The smallest absolute Gasteiger partial charge is 0.313 e. The summed E-state index contributed by atoms with van der Waals surface area (Å²) in [6.07, 6.45) is 0.187. The van der Waals surface area contributed by atoms with Crippen LogP contribution in [-0.4, -0.2) is 27.3 Å². The summed E-state index contributed by atoms with van der Waals surface area (Å²) in [6.45, 7) is 8.13. The summed E-state index contributed by atoms with van der Waals surface area (Å²) in [6, 6.07) is 0.254. The van der Waals surface area contributed by atoms with Gasteiger partial charge in [0.2, 0.25) is 0 Å². The first kappa shape index (κ1) is 11.7. The van der Waals surface area contributed by atoms with Gasteiger partial charge in [0.05, 0.1) is 6.61 Å². The average molecular weight is 211 g/mol. The van der Waals surface area contributed by atoms with E-state index in [1.54, 1.807) is 6.92 Å². The van der Waals surface area contributed by atoms with Crippen LogP contribution in [0.25, 0.3) is 0 Å². The van der Waals surface area contributed by atoms with E-state index in [2.05, 4.69) is 10.2 Å². The van der Waals surface area contributed by atoms with Crippen molar-refractivity contribution in [3.05, 3.63) is 11.6 Å². The highest BCUT2D eigenvalue weighted by Gasteiger charge is 2.15. The average Bonchev–Trinajstić information content (AvgIpc) is 2.47.